The fourth-order valence-electron chi connectivity index (χ4n) is 4.90. The Bertz CT molecular complexity index is 1250. The number of rotatable bonds is 5. The second kappa shape index (κ2) is 7.57. The van der Waals surface area contributed by atoms with Crippen molar-refractivity contribution in [1.82, 2.24) is 4.72 Å². The average molecular weight is 459 g/mol. The number of nitrogens with one attached hydrogen (secondary N) is 1. The summed E-state index contributed by atoms with van der Waals surface area (Å²) < 4.78 is 47.7. The molecule has 166 valence electrons. The Balaban J connectivity index is 1.82. The fraction of sp³-hybridized carbons (Fsp3) is 0.417. The van der Waals surface area contributed by atoms with Gasteiger partial charge in [0.05, 0.1) is 9.79 Å². The third kappa shape index (κ3) is 3.99. The number of hydrogen-bond acceptors (Lipinski definition) is 3. The van der Waals surface area contributed by atoms with Crippen molar-refractivity contribution in [2.24, 2.45) is 21.0 Å². The molecule has 0 radical (unpaired) electrons. The molecule has 1 unspecified atom stereocenters. The minimum absolute atomic E-state index is 0.0409. The summed E-state index contributed by atoms with van der Waals surface area (Å²) in [6.07, 6.45) is 3.12. The SMILES string of the molecule is CC1=C[C@H](NS(=O)(=NS(=O)(=O)c2ccc(C)cc2)c2ccc(C)cc2)[C@H]2C[C@@H]1C2(C)C. The van der Waals surface area contributed by atoms with Gasteiger partial charge in [-0.1, -0.05) is 64.7 Å². The third-order valence-corrected chi connectivity index (χ3v) is 10.9. The van der Waals surface area contributed by atoms with Crippen LogP contribution in [0.15, 0.2) is 73.7 Å². The zero-order chi connectivity index (χ0) is 22.6. The molecule has 1 N–H and O–H groups in total. The topological polar surface area (TPSA) is 75.6 Å². The Morgan fingerprint density at radius 3 is 1.87 bits per heavy atom. The minimum atomic E-state index is -4.12. The Morgan fingerprint density at radius 1 is 0.871 bits per heavy atom. The molecule has 3 aliphatic carbocycles. The maximum absolute atomic E-state index is 14.2. The smallest absolute Gasteiger partial charge is 0.228 e. The quantitative estimate of drug-likeness (QED) is 0.640. The number of nitrogens with zero attached hydrogens (tertiary/aromatic N) is 1. The molecule has 4 atom stereocenters. The molecular weight excluding hydrogens is 428 g/mol. The highest BCUT2D eigenvalue weighted by molar-refractivity contribution is 8.02. The zero-order valence-corrected chi connectivity index (χ0v) is 20.3. The second-order valence-electron chi connectivity index (χ2n) is 9.47. The minimum Gasteiger partial charge on any atom is -0.228 e. The Labute approximate surface area is 186 Å². The number of benzene rings is 2. The number of hydrogen-bond donors (Lipinski definition) is 1. The molecule has 2 aromatic carbocycles. The lowest BCUT2D eigenvalue weighted by Crippen LogP contribution is -2.58. The molecular formula is C24H30N2O3S2. The Kier molecular flexibility index (Phi) is 5.43. The Hall–Kier alpha value is -1.96. The van der Waals surface area contributed by atoms with Crippen LogP contribution in [0, 0.1) is 31.1 Å². The van der Waals surface area contributed by atoms with Crippen LogP contribution >= 0.6 is 0 Å². The molecule has 1 fully saturated rings. The summed E-state index contributed by atoms with van der Waals surface area (Å²) in [6, 6.07) is 13.3. The van der Waals surface area contributed by atoms with Crippen LogP contribution in [0.2, 0.25) is 0 Å². The molecule has 3 aliphatic rings. The molecule has 2 aromatic rings. The zero-order valence-electron chi connectivity index (χ0n) is 18.6. The van der Waals surface area contributed by atoms with E-state index in [1.807, 2.05) is 26.0 Å². The normalized spacial score (nSPS) is 26.4. The lowest BCUT2D eigenvalue weighted by Gasteiger charge is -2.59. The van der Waals surface area contributed by atoms with Gasteiger partial charge in [0.1, 0.15) is 0 Å². The van der Waals surface area contributed by atoms with Crippen molar-refractivity contribution in [3.8, 4) is 0 Å². The monoisotopic (exact) mass is 458 g/mol. The average Bonchev–Trinajstić information content (AvgIpc) is 2.67. The van der Waals surface area contributed by atoms with Gasteiger partial charge in [0.2, 0.25) is 0 Å². The van der Waals surface area contributed by atoms with E-state index in [1.165, 1.54) is 17.7 Å². The summed E-state index contributed by atoms with van der Waals surface area (Å²) >= 11 is 0. The van der Waals surface area contributed by atoms with E-state index in [9.17, 15) is 12.6 Å². The largest absolute Gasteiger partial charge is 0.291 e. The van der Waals surface area contributed by atoms with Crippen LogP contribution in [-0.4, -0.2) is 18.7 Å². The van der Waals surface area contributed by atoms with E-state index in [-0.39, 0.29) is 22.3 Å². The van der Waals surface area contributed by atoms with Gasteiger partial charge in [-0.15, -0.1) is 0 Å². The fourth-order valence-corrected chi connectivity index (χ4v) is 8.59. The predicted octanol–water partition coefficient (Wildman–Crippen LogP) is 5.01. The van der Waals surface area contributed by atoms with Crippen molar-refractivity contribution in [3.05, 3.63) is 71.3 Å². The molecule has 0 aliphatic heterocycles. The maximum Gasteiger partial charge on any atom is 0.291 e. The first kappa shape index (κ1) is 22.2. The van der Waals surface area contributed by atoms with Gasteiger partial charge in [-0.3, -0.25) is 0 Å². The summed E-state index contributed by atoms with van der Waals surface area (Å²) in [7, 11) is -7.56. The van der Waals surface area contributed by atoms with Crippen LogP contribution in [0.1, 0.15) is 38.3 Å². The van der Waals surface area contributed by atoms with Crippen LogP contribution in [0.25, 0.3) is 0 Å². The van der Waals surface area contributed by atoms with Crippen LogP contribution in [0.4, 0.5) is 0 Å². The highest BCUT2D eigenvalue weighted by Gasteiger charge is 2.54. The van der Waals surface area contributed by atoms with E-state index in [4.69, 9.17) is 0 Å². The highest BCUT2D eigenvalue weighted by Crippen LogP contribution is 2.59. The van der Waals surface area contributed by atoms with E-state index in [2.05, 4.69) is 35.3 Å². The molecule has 0 saturated heterocycles. The van der Waals surface area contributed by atoms with Gasteiger partial charge < -0.3 is 0 Å². The summed E-state index contributed by atoms with van der Waals surface area (Å²) in [5.41, 5.74) is 3.29. The van der Waals surface area contributed by atoms with E-state index in [1.54, 1.807) is 24.3 Å². The molecule has 2 bridgehead atoms. The van der Waals surface area contributed by atoms with Crippen LogP contribution < -0.4 is 4.72 Å². The molecule has 31 heavy (non-hydrogen) atoms. The number of allylic oxidation sites excluding steroid dienone is 1. The van der Waals surface area contributed by atoms with Gasteiger partial charge in [-0.05, 0) is 68.7 Å². The summed E-state index contributed by atoms with van der Waals surface area (Å²) in [5.74, 6) is 0.809. The second-order valence-corrected chi connectivity index (χ2v) is 13.2. The molecule has 1 saturated carbocycles. The highest BCUT2D eigenvalue weighted by atomic mass is 32.3. The molecule has 0 spiro atoms. The van der Waals surface area contributed by atoms with Gasteiger partial charge in [0.15, 0.2) is 9.92 Å². The summed E-state index contributed by atoms with van der Waals surface area (Å²) in [4.78, 5) is 0.415. The standard InChI is InChI=1S/C24H30N2O3S2/c1-16-6-10-19(11-7-16)30(27,26-31(28,29)20-12-8-17(2)9-13-20)25-23-14-18(3)21-15-22(23)24(21,4)5/h6-14,21-23H,15H2,1-5H3,(H,25,26,27)/t21-,22+,23-,30?/m0/s1. The number of fused-ring (bicyclic) bond motifs is 1. The molecule has 0 aromatic heterocycles. The lowest BCUT2D eigenvalue weighted by atomic mass is 9.48. The van der Waals surface area contributed by atoms with Gasteiger partial charge in [0, 0.05) is 6.04 Å². The number of sulfonamides is 1. The maximum atomic E-state index is 14.2. The van der Waals surface area contributed by atoms with Crippen molar-refractivity contribution < 1.29 is 12.6 Å². The van der Waals surface area contributed by atoms with Gasteiger partial charge in [-0.2, -0.15) is 8.42 Å². The van der Waals surface area contributed by atoms with Crippen LogP contribution in [0.5, 0.6) is 0 Å². The first-order valence-corrected chi connectivity index (χ1v) is 13.5. The first-order valence-electron chi connectivity index (χ1n) is 10.5. The third-order valence-electron chi connectivity index (χ3n) is 6.93. The van der Waals surface area contributed by atoms with Crippen molar-refractivity contribution in [3.63, 3.8) is 0 Å². The molecule has 0 heterocycles. The van der Waals surface area contributed by atoms with Gasteiger partial charge >= 0.3 is 0 Å². The van der Waals surface area contributed by atoms with Crippen molar-refractivity contribution in [1.29, 1.82) is 0 Å². The van der Waals surface area contributed by atoms with Crippen LogP contribution in [0.3, 0.4) is 0 Å². The summed E-state index contributed by atoms with van der Waals surface area (Å²) in [5, 5.41) is 0. The van der Waals surface area contributed by atoms with Gasteiger partial charge in [0.25, 0.3) is 10.0 Å². The molecule has 5 nitrogen and oxygen atoms in total. The molecule has 0 amide bonds. The van der Waals surface area contributed by atoms with E-state index >= 15 is 0 Å². The molecule has 7 heteroatoms. The molecule has 5 rings (SSSR count). The van der Waals surface area contributed by atoms with Crippen molar-refractivity contribution >= 4 is 19.9 Å². The Morgan fingerprint density at radius 2 is 1.39 bits per heavy atom. The predicted molar refractivity (Wildman–Crippen MR) is 124 cm³/mol. The van der Waals surface area contributed by atoms with Crippen molar-refractivity contribution in [2.75, 3.05) is 0 Å². The van der Waals surface area contributed by atoms with E-state index < -0.39 is 19.9 Å². The summed E-state index contributed by atoms with van der Waals surface area (Å²) in [6.45, 7) is 10.4. The first-order chi connectivity index (χ1) is 14.4. The van der Waals surface area contributed by atoms with Gasteiger partial charge in [-0.25, -0.2) is 8.93 Å². The van der Waals surface area contributed by atoms with E-state index in [0.717, 1.165) is 17.5 Å². The van der Waals surface area contributed by atoms with Crippen LogP contribution in [-0.2, 0) is 19.9 Å². The number of aryl methyl sites for hydroxylation is 2. The van der Waals surface area contributed by atoms with Crippen molar-refractivity contribution in [2.45, 2.75) is 56.9 Å². The van der Waals surface area contributed by atoms with E-state index in [0.29, 0.717) is 10.8 Å². The lowest BCUT2D eigenvalue weighted by molar-refractivity contribution is -0.0203.